The normalized spacial score (nSPS) is 26.5. The second-order valence-electron chi connectivity index (χ2n) is 7.12. The minimum Gasteiger partial charge on any atom is -0.462 e. The van der Waals surface area contributed by atoms with Crippen molar-refractivity contribution in [3.8, 4) is 0 Å². The lowest BCUT2D eigenvalue weighted by Crippen LogP contribution is -2.52. The molecule has 2 fully saturated rings. The molecule has 7 heteroatoms. The second-order valence-corrected chi connectivity index (χ2v) is 7.12. The number of imide groups is 1. The van der Waals surface area contributed by atoms with E-state index in [0.29, 0.717) is 6.42 Å². The Morgan fingerprint density at radius 3 is 2.62 bits per heavy atom. The summed E-state index contributed by atoms with van der Waals surface area (Å²) in [5.74, 6) is -0.749. The quantitative estimate of drug-likeness (QED) is 0.618. The first-order chi connectivity index (χ1) is 12.4. The summed E-state index contributed by atoms with van der Waals surface area (Å²) in [5.41, 5.74) is -0.110. The Labute approximate surface area is 153 Å². The predicted molar refractivity (Wildman–Crippen MR) is 95.2 cm³/mol. The molecule has 3 rings (SSSR count). The first kappa shape index (κ1) is 18.4. The molecule has 7 nitrogen and oxygen atoms in total. The highest BCUT2D eigenvalue weighted by molar-refractivity contribution is 6.08. The standard InChI is InChI=1S/C19H25N3O4/c1-4-15(13-8-6-5-7-9-13)22-18(25)21-17(24)19(22)10-14(20-11-19)16(23)26-12(2)3/h5-9,12,14-15,20H,4,10-11H2,1-3H3,(H,21,24,25)/t14-,15?,19-/m0/s1. The molecular formula is C19H25N3O4. The number of carbonyl (C=O) groups excluding carboxylic acids is 3. The molecule has 140 valence electrons. The molecule has 1 spiro atoms. The van der Waals surface area contributed by atoms with Crippen LogP contribution < -0.4 is 10.6 Å². The number of ether oxygens (including phenoxy) is 1. The molecule has 2 aliphatic heterocycles. The molecule has 3 atom stereocenters. The van der Waals surface area contributed by atoms with E-state index in [-0.39, 0.29) is 31.0 Å². The lowest BCUT2D eigenvalue weighted by molar-refractivity contribution is -0.149. The molecule has 2 saturated heterocycles. The van der Waals surface area contributed by atoms with Crippen LogP contribution in [0.1, 0.15) is 45.2 Å². The highest BCUT2D eigenvalue weighted by atomic mass is 16.5. The third-order valence-electron chi connectivity index (χ3n) is 5.02. The number of hydrogen-bond donors (Lipinski definition) is 2. The van der Waals surface area contributed by atoms with Crippen molar-refractivity contribution in [2.24, 2.45) is 0 Å². The van der Waals surface area contributed by atoms with Crippen LogP contribution in [-0.2, 0) is 14.3 Å². The fraction of sp³-hybridized carbons (Fsp3) is 0.526. The van der Waals surface area contributed by atoms with Crippen molar-refractivity contribution >= 4 is 17.9 Å². The average molecular weight is 359 g/mol. The van der Waals surface area contributed by atoms with Gasteiger partial charge in [0.2, 0.25) is 0 Å². The lowest BCUT2D eigenvalue weighted by Gasteiger charge is -2.37. The van der Waals surface area contributed by atoms with Crippen LogP contribution in [0.4, 0.5) is 4.79 Å². The molecular weight excluding hydrogens is 334 g/mol. The highest BCUT2D eigenvalue weighted by Crippen LogP contribution is 2.39. The molecule has 2 heterocycles. The topological polar surface area (TPSA) is 87.7 Å². The Hall–Kier alpha value is -2.41. The first-order valence-corrected chi connectivity index (χ1v) is 9.02. The van der Waals surface area contributed by atoms with Crippen LogP contribution in [0.15, 0.2) is 30.3 Å². The lowest BCUT2D eigenvalue weighted by atomic mass is 9.90. The van der Waals surface area contributed by atoms with E-state index >= 15 is 0 Å². The third-order valence-corrected chi connectivity index (χ3v) is 5.02. The summed E-state index contributed by atoms with van der Waals surface area (Å²) < 4.78 is 5.27. The van der Waals surface area contributed by atoms with Gasteiger partial charge in [-0.3, -0.25) is 14.9 Å². The molecule has 1 unspecified atom stereocenters. The number of rotatable bonds is 5. The summed E-state index contributed by atoms with van der Waals surface area (Å²) in [7, 11) is 0. The maximum Gasteiger partial charge on any atom is 0.325 e. The SMILES string of the molecule is CCC(c1ccccc1)N1C(=O)NC(=O)[C@]12CN[C@H](C(=O)OC(C)C)C2. The predicted octanol–water partition coefficient (Wildman–Crippen LogP) is 1.74. The number of hydrogen-bond acceptors (Lipinski definition) is 5. The monoisotopic (exact) mass is 359 g/mol. The molecule has 0 radical (unpaired) electrons. The summed E-state index contributed by atoms with van der Waals surface area (Å²) in [6.45, 7) is 5.77. The van der Waals surface area contributed by atoms with Crippen molar-refractivity contribution < 1.29 is 19.1 Å². The van der Waals surface area contributed by atoms with Gasteiger partial charge in [-0.25, -0.2) is 4.79 Å². The van der Waals surface area contributed by atoms with Gasteiger partial charge in [0.05, 0.1) is 12.1 Å². The minimum atomic E-state index is -1.08. The van der Waals surface area contributed by atoms with E-state index in [4.69, 9.17) is 4.74 Å². The van der Waals surface area contributed by atoms with E-state index in [2.05, 4.69) is 10.6 Å². The zero-order chi connectivity index (χ0) is 18.9. The summed E-state index contributed by atoms with van der Waals surface area (Å²) in [4.78, 5) is 39.2. The fourth-order valence-corrected chi connectivity index (χ4v) is 3.87. The smallest absolute Gasteiger partial charge is 0.325 e. The second kappa shape index (κ2) is 7.07. The van der Waals surface area contributed by atoms with Gasteiger partial charge in [0.15, 0.2) is 0 Å². The van der Waals surface area contributed by atoms with Gasteiger partial charge in [-0.05, 0) is 25.8 Å². The van der Waals surface area contributed by atoms with Crippen molar-refractivity contribution in [3.63, 3.8) is 0 Å². The summed E-state index contributed by atoms with van der Waals surface area (Å²) in [6.07, 6.45) is 0.635. The molecule has 0 saturated carbocycles. The van der Waals surface area contributed by atoms with Crippen LogP contribution in [0.25, 0.3) is 0 Å². The van der Waals surface area contributed by atoms with Gasteiger partial charge in [0.1, 0.15) is 11.6 Å². The summed E-state index contributed by atoms with van der Waals surface area (Å²) in [5, 5.41) is 5.52. The van der Waals surface area contributed by atoms with Gasteiger partial charge in [0, 0.05) is 13.0 Å². The van der Waals surface area contributed by atoms with Crippen molar-refractivity contribution in [1.29, 1.82) is 0 Å². The summed E-state index contributed by atoms with van der Waals surface area (Å²) in [6, 6.07) is 8.37. The van der Waals surface area contributed by atoms with Crippen molar-refractivity contribution in [1.82, 2.24) is 15.5 Å². The van der Waals surface area contributed by atoms with Crippen LogP contribution in [0, 0.1) is 0 Å². The van der Waals surface area contributed by atoms with Crippen LogP contribution in [0.3, 0.4) is 0 Å². The fourth-order valence-electron chi connectivity index (χ4n) is 3.87. The van der Waals surface area contributed by atoms with E-state index in [9.17, 15) is 14.4 Å². The zero-order valence-corrected chi connectivity index (χ0v) is 15.3. The Morgan fingerprint density at radius 2 is 2.00 bits per heavy atom. The maximum absolute atomic E-state index is 12.7. The number of benzene rings is 1. The number of esters is 1. The molecule has 26 heavy (non-hydrogen) atoms. The number of nitrogens with zero attached hydrogens (tertiary/aromatic N) is 1. The van der Waals surface area contributed by atoms with Crippen molar-refractivity contribution in [2.45, 2.75) is 57.3 Å². The number of amides is 3. The number of carbonyl (C=O) groups is 3. The zero-order valence-electron chi connectivity index (χ0n) is 15.3. The summed E-state index contributed by atoms with van der Waals surface area (Å²) >= 11 is 0. The molecule has 2 aliphatic rings. The minimum absolute atomic E-state index is 0.208. The molecule has 2 N–H and O–H groups in total. The van der Waals surface area contributed by atoms with E-state index in [0.717, 1.165) is 5.56 Å². The van der Waals surface area contributed by atoms with E-state index in [1.807, 2.05) is 37.3 Å². The average Bonchev–Trinajstić information content (AvgIpc) is 3.14. The first-order valence-electron chi connectivity index (χ1n) is 9.02. The Bertz CT molecular complexity index is 706. The molecule has 1 aromatic rings. The van der Waals surface area contributed by atoms with Gasteiger partial charge in [-0.15, -0.1) is 0 Å². The van der Waals surface area contributed by atoms with E-state index < -0.39 is 23.6 Å². The highest BCUT2D eigenvalue weighted by Gasteiger charge is 2.59. The third kappa shape index (κ3) is 3.07. The van der Waals surface area contributed by atoms with Crippen LogP contribution in [0.5, 0.6) is 0 Å². The van der Waals surface area contributed by atoms with Gasteiger partial charge in [0.25, 0.3) is 5.91 Å². The molecule has 3 amide bonds. The Balaban J connectivity index is 1.91. The van der Waals surface area contributed by atoms with Crippen molar-refractivity contribution in [2.75, 3.05) is 6.54 Å². The molecule has 0 bridgehead atoms. The van der Waals surface area contributed by atoms with Crippen LogP contribution in [-0.4, -0.2) is 47.0 Å². The molecule has 0 aliphatic carbocycles. The van der Waals surface area contributed by atoms with Crippen molar-refractivity contribution in [3.05, 3.63) is 35.9 Å². The van der Waals surface area contributed by atoms with Gasteiger partial charge < -0.3 is 15.0 Å². The Kier molecular flexibility index (Phi) is 5.00. The Morgan fingerprint density at radius 1 is 1.31 bits per heavy atom. The molecule has 1 aromatic carbocycles. The van der Waals surface area contributed by atoms with E-state index in [1.165, 1.54) is 0 Å². The number of nitrogens with one attached hydrogen (secondary N) is 2. The number of urea groups is 1. The maximum atomic E-state index is 12.7. The van der Waals surface area contributed by atoms with Gasteiger partial charge in [-0.2, -0.15) is 0 Å². The van der Waals surface area contributed by atoms with Gasteiger partial charge >= 0.3 is 12.0 Å². The van der Waals surface area contributed by atoms with E-state index in [1.54, 1.807) is 18.7 Å². The molecule has 0 aromatic heterocycles. The van der Waals surface area contributed by atoms with Crippen LogP contribution in [0.2, 0.25) is 0 Å². The largest absolute Gasteiger partial charge is 0.462 e. The van der Waals surface area contributed by atoms with Crippen LogP contribution >= 0.6 is 0 Å². The van der Waals surface area contributed by atoms with Gasteiger partial charge in [-0.1, -0.05) is 37.3 Å².